The largest absolute Gasteiger partial charge is 0.326 e. The summed E-state index contributed by atoms with van der Waals surface area (Å²) in [5.74, 6) is 1.06. The molecule has 5 heteroatoms. The van der Waals surface area contributed by atoms with Crippen LogP contribution >= 0.6 is 0 Å². The highest BCUT2D eigenvalue weighted by atomic mass is 32.2. The van der Waals surface area contributed by atoms with Gasteiger partial charge in [-0.05, 0) is 24.7 Å². The molecule has 1 heterocycles. The van der Waals surface area contributed by atoms with Crippen LogP contribution < -0.4 is 5.32 Å². The number of hydrogen-bond donors (Lipinski definition) is 1. The van der Waals surface area contributed by atoms with Gasteiger partial charge in [-0.2, -0.15) is 0 Å². The second kappa shape index (κ2) is 7.55. The Morgan fingerprint density at radius 1 is 1.25 bits per heavy atom. The highest BCUT2D eigenvalue weighted by Gasteiger charge is 2.40. The average molecular weight is 302 g/mol. The van der Waals surface area contributed by atoms with Gasteiger partial charge >= 0.3 is 0 Å². The Balaban J connectivity index is 2.71. The molecule has 1 rings (SSSR count). The van der Waals surface area contributed by atoms with Crippen molar-refractivity contribution in [3.8, 4) is 0 Å². The van der Waals surface area contributed by atoms with E-state index in [1.165, 1.54) is 0 Å². The van der Waals surface area contributed by atoms with Crippen LogP contribution in [0.3, 0.4) is 0 Å². The van der Waals surface area contributed by atoms with Gasteiger partial charge in [0.25, 0.3) is 0 Å². The van der Waals surface area contributed by atoms with Gasteiger partial charge in [0.1, 0.15) is 0 Å². The number of carbonyl (C=O) groups is 1. The van der Waals surface area contributed by atoms with Crippen molar-refractivity contribution >= 4 is 16.7 Å². The van der Waals surface area contributed by atoms with Gasteiger partial charge in [0.15, 0.2) is 0 Å². The average Bonchev–Trinajstić information content (AvgIpc) is 2.62. The minimum atomic E-state index is -0.819. The van der Waals surface area contributed by atoms with E-state index in [1.54, 1.807) is 6.26 Å². The van der Waals surface area contributed by atoms with Gasteiger partial charge in [0.2, 0.25) is 5.91 Å². The molecule has 4 nitrogen and oxygen atoms in total. The van der Waals surface area contributed by atoms with Gasteiger partial charge in [0, 0.05) is 28.9 Å². The molecule has 0 spiro atoms. The van der Waals surface area contributed by atoms with Crippen LogP contribution in [0.2, 0.25) is 0 Å². The molecule has 118 valence electrons. The number of hydrogen-bond acceptors (Lipinski definition) is 3. The molecule has 0 bridgehead atoms. The summed E-state index contributed by atoms with van der Waals surface area (Å²) in [6.45, 7) is 11.2. The molecule has 1 aliphatic rings. The lowest BCUT2D eigenvalue weighted by molar-refractivity contribution is -0.130. The Kier molecular flexibility index (Phi) is 6.65. The third kappa shape index (κ3) is 4.55. The fourth-order valence-corrected chi connectivity index (χ4v) is 3.01. The second-order valence-corrected chi connectivity index (χ2v) is 8.47. The first-order chi connectivity index (χ1) is 9.23. The molecule has 1 aliphatic heterocycles. The third-order valence-electron chi connectivity index (χ3n) is 4.00. The summed E-state index contributed by atoms with van der Waals surface area (Å²) >= 11 is 0. The van der Waals surface area contributed by atoms with Crippen LogP contribution in [0.5, 0.6) is 0 Å². The maximum Gasteiger partial charge on any atom is 0.241 e. The first-order valence-corrected chi connectivity index (χ1v) is 9.24. The molecule has 1 amide bonds. The zero-order chi connectivity index (χ0) is 15.4. The quantitative estimate of drug-likeness (QED) is 0.782. The molecule has 1 fully saturated rings. The molecular formula is C15H30N2O2S. The first-order valence-electron chi connectivity index (χ1n) is 7.62. The summed E-state index contributed by atoms with van der Waals surface area (Å²) in [5, 5.41) is 3.61. The van der Waals surface area contributed by atoms with Crippen LogP contribution in [0.15, 0.2) is 0 Å². The van der Waals surface area contributed by atoms with Crippen LogP contribution in [0, 0.1) is 11.8 Å². The monoisotopic (exact) mass is 302 g/mol. The number of carbonyl (C=O) groups excluding carboxylic acids is 1. The van der Waals surface area contributed by atoms with Gasteiger partial charge in [-0.15, -0.1) is 0 Å². The molecule has 0 radical (unpaired) electrons. The van der Waals surface area contributed by atoms with E-state index in [0.29, 0.717) is 18.4 Å². The van der Waals surface area contributed by atoms with Crippen LogP contribution in [0.25, 0.3) is 0 Å². The molecule has 4 atom stereocenters. The number of amides is 1. The highest BCUT2D eigenvalue weighted by Crippen LogP contribution is 2.22. The zero-order valence-corrected chi connectivity index (χ0v) is 14.5. The maximum absolute atomic E-state index is 12.5. The van der Waals surface area contributed by atoms with Crippen molar-refractivity contribution in [3.05, 3.63) is 0 Å². The lowest BCUT2D eigenvalue weighted by Gasteiger charge is -2.26. The van der Waals surface area contributed by atoms with Crippen molar-refractivity contribution < 1.29 is 9.00 Å². The second-order valence-electron chi connectivity index (χ2n) is 6.66. The SMILES string of the molecule is CC(C)CC1NC(C(C)C)C(=O)N1CCC(C)S(C)=O. The molecule has 0 aliphatic carbocycles. The van der Waals surface area contributed by atoms with Gasteiger partial charge in [-0.3, -0.25) is 14.3 Å². The summed E-state index contributed by atoms with van der Waals surface area (Å²) in [5.41, 5.74) is 0. The molecule has 0 aromatic carbocycles. The van der Waals surface area contributed by atoms with E-state index >= 15 is 0 Å². The Morgan fingerprint density at radius 3 is 2.30 bits per heavy atom. The van der Waals surface area contributed by atoms with Crippen molar-refractivity contribution in [3.63, 3.8) is 0 Å². The Labute approximate surface area is 126 Å². The van der Waals surface area contributed by atoms with Crippen LogP contribution in [-0.4, -0.2) is 45.3 Å². The van der Waals surface area contributed by atoms with E-state index in [2.05, 4.69) is 33.0 Å². The fourth-order valence-electron chi connectivity index (χ4n) is 2.57. The molecule has 0 aromatic rings. The zero-order valence-electron chi connectivity index (χ0n) is 13.7. The minimum absolute atomic E-state index is 0.0684. The lowest BCUT2D eigenvalue weighted by Crippen LogP contribution is -2.40. The molecule has 4 unspecified atom stereocenters. The summed E-state index contributed by atoms with van der Waals surface area (Å²) in [6.07, 6.45) is 3.64. The highest BCUT2D eigenvalue weighted by molar-refractivity contribution is 7.84. The van der Waals surface area contributed by atoms with E-state index in [4.69, 9.17) is 0 Å². The number of nitrogens with zero attached hydrogens (tertiary/aromatic N) is 1. The van der Waals surface area contributed by atoms with Crippen molar-refractivity contribution in [2.75, 3.05) is 12.8 Å². The topological polar surface area (TPSA) is 49.4 Å². The molecule has 1 N–H and O–H groups in total. The third-order valence-corrected chi connectivity index (χ3v) is 5.37. The maximum atomic E-state index is 12.5. The number of nitrogens with one attached hydrogen (secondary N) is 1. The molecule has 20 heavy (non-hydrogen) atoms. The van der Waals surface area contributed by atoms with Crippen LogP contribution in [-0.2, 0) is 15.6 Å². The van der Waals surface area contributed by atoms with Gasteiger partial charge in [-0.25, -0.2) is 0 Å². The van der Waals surface area contributed by atoms with Crippen LogP contribution in [0.4, 0.5) is 0 Å². The summed E-state index contributed by atoms with van der Waals surface area (Å²) in [6, 6.07) is -0.0684. The smallest absolute Gasteiger partial charge is 0.241 e. The summed E-state index contributed by atoms with van der Waals surface area (Å²) < 4.78 is 11.5. The minimum Gasteiger partial charge on any atom is -0.326 e. The van der Waals surface area contributed by atoms with E-state index in [-0.39, 0.29) is 23.4 Å². The first kappa shape index (κ1) is 17.6. The van der Waals surface area contributed by atoms with E-state index in [0.717, 1.165) is 12.8 Å². The Hall–Kier alpha value is -0.420. The van der Waals surface area contributed by atoms with Gasteiger partial charge < -0.3 is 4.90 Å². The van der Waals surface area contributed by atoms with Crippen molar-refractivity contribution in [2.45, 2.75) is 64.9 Å². The van der Waals surface area contributed by atoms with Crippen LogP contribution in [0.1, 0.15) is 47.5 Å². The fraction of sp³-hybridized carbons (Fsp3) is 0.933. The van der Waals surface area contributed by atoms with Crippen molar-refractivity contribution in [1.29, 1.82) is 0 Å². The van der Waals surface area contributed by atoms with E-state index in [9.17, 15) is 9.00 Å². The lowest BCUT2D eigenvalue weighted by atomic mass is 10.0. The number of rotatable bonds is 7. The molecule has 1 saturated heterocycles. The standard InChI is InChI=1S/C15H30N2O2S/c1-10(2)9-13-16-14(11(3)4)15(18)17(13)8-7-12(5)20(6)19/h10-14,16H,7-9H2,1-6H3. The predicted molar refractivity (Wildman–Crippen MR) is 84.9 cm³/mol. The molecule has 0 saturated carbocycles. The summed E-state index contributed by atoms with van der Waals surface area (Å²) in [4.78, 5) is 14.5. The van der Waals surface area contributed by atoms with Crippen molar-refractivity contribution in [1.82, 2.24) is 10.2 Å². The predicted octanol–water partition coefficient (Wildman–Crippen LogP) is 1.97. The normalized spacial score (nSPS) is 26.6. The van der Waals surface area contributed by atoms with E-state index < -0.39 is 10.8 Å². The summed E-state index contributed by atoms with van der Waals surface area (Å²) in [7, 11) is -0.819. The van der Waals surface area contributed by atoms with E-state index in [1.807, 2.05) is 11.8 Å². The molecule has 0 aromatic heterocycles. The van der Waals surface area contributed by atoms with Crippen molar-refractivity contribution in [2.24, 2.45) is 11.8 Å². The Bertz CT molecular complexity index is 358. The van der Waals surface area contributed by atoms with Gasteiger partial charge in [-0.1, -0.05) is 34.6 Å². The van der Waals surface area contributed by atoms with Gasteiger partial charge in [0.05, 0.1) is 12.2 Å². The Morgan fingerprint density at radius 2 is 1.85 bits per heavy atom. The molecular weight excluding hydrogens is 272 g/mol.